The number of aromatic nitrogens is 3. The Morgan fingerprint density at radius 2 is 2.00 bits per heavy atom. The summed E-state index contributed by atoms with van der Waals surface area (Å²) in [7, 11) is 0. The first-order valence-corrected chi connectivity index (χ1v) is 5.13. The van der Waals surface area contributed by atoms with Gasteiger partial charge >= 0.3 is 0 Å². The fraction of sp³-hybridized carbons (Fsp3) is 0.455. The van der Waals surface area contributed by atoms with Crippen LogP contribution in [0.5, 0.6) is 0 Å². The summed E-state index contributed by atoms with van der Waals surface area (Å²) >= 11 is 0. The molecular weight excluding hydrogens is 188 g/mol. The lowest BCUT2D eigenvalue weighted by Gasteiger charge is -2.07. The summed E-state index contributed by atoms with van der Waals surface area (Å²) < 4.78 is 1.91. The molecular formula is C11H16N4. The van der Waals surface area contributed by atoms with Crippen LogP contribution in [0, 0.1) is 13.8 Å². The van der Waals surface area contributed by atoms with Crippen molar-refractivity contribution in [3.05, 3.63) is 23.1 Å². The van der Waals surface area contributed by atoms with Gasteiger partial charge in [-0.1, -0.05) is 13.8 Å². The Bertz CT molecular complexity index is 511. The number of aryl methyl sites for hydroxylation is 2. The van der Waals surface area contributed by atoms with Crippen LogP contribution in [0.3, 0.4) is 0 Å². The standard InChI is InChI=1S/C11H16N4/c1-6(2)10-7(3)5-9-11(12)13-8(4)14-15(9)10/h5-6H,1-4H3,(H2,12,13,14). The van der Waals surface area contributed by atoms with Gasteiger partial charge < -0.3 is 5.73 Å². The second kappa shape index (κ2) is 3.22. The summed E-state index contributed by atoms with van der Waals surface area (Å²) in [5.41, 5.74) is 9.20. The van der Waals surface area contributed by atoms with Gasteiger partial charge in [0.05, 0.1) is 0 Å². The molecule has 2 aromatic heterocycles. The molecule has 0 amide bonds. The molecule has 2 rings (SSSR count). The van der Waals surface area contributed by atoms with Crippen LogP contribution in [0.4, 0.5) is 5.82 Å². The van der Waals surface area contributed by atoms with Crippen LogP contribution in [-0.4, -0.2) is 14.6 Å². The van der Waals surface area contributed by atoms with Gasteiger partial charge in [0, 0.05) is 5.69 Å². The molecule has 0 unspecified atom stereocenters. The van der Waals surface area contributed by atoms with Crippen LogP contribution in [-0.2, 0) is 0 Å². The Balaban J connectivity index is 2.86. The van der Waals surface area contributed by atoms with Crippen LogP contribution >= 0.6 is 0 Å². The minimum Gasteiger partial charge on any atom is -0.382 e. The van der Waals surface area contributed by atoms with E-state index in [-0.39, 0.29) is 0 Å². The zero-order valence-electron chi connectivity index (χ0n) is 9.57. The highest BCUT2D eigenvalue weighted by Crippen LogP contribution is 2.24. The maximum absolute atomic E-state index is 5.87. The van der Waals surface area contributed by atoms with Gasteiger partial charge in [-0.3, -0.25) is 0 Å². The van der Waals surface area contributed by atoms with E-state index in [4.69, 9.17) is 5.73 Å². The predicted octanol–water partition coefficient (Wildman–Crippen LogP) is 2.05. The van der Waals surface area contributed by atoms with E-state index < -0.39 is 0 Å². The van der Waals surface area contributed by atoms with E-state index in [0.29, 0.717) is 17.6 Å². The molecule has 0 fully saturated rings. The second-order valence-corrected chi connectivity index (χ2v) is 4.21. The van der Waals surface area contributed by atoms with Gasteiger partial charge in [-0.15, -0.1) is 0 Å². The van der Waals surface area contributed by atoms with Crippen molar-refractivity contribution in [1.29, 1.82) is 0 Å². The molecule has 0 saturated heterocycles. The van der Waals surface area contributed by atoms with Crippen molar-refractivity contribution >= 4 is 11.3 Å². The monoisotopic (exact) mass is 204 g/mol. The van der Waals surface area contributed by atoms with Crippen LogP contribution in [0.15, 0.2) is 6.07 Å². The molecule has 0 aliphatic carbocycles. The molecule has 4 heteroatoms. The fourth-order valence-electron chi connectivity index (χ4n) is 2.03. The second-order valence-electron chi connectivity index (χ2n) is 4.21. The average molecular weight is 204 g/mol. The summed E-state index contributed by atoms with van der Waals surface area (Å²) in [6, 6.07) is 2.05. The SMILES string of the molecule is Cc1nc(N)c2cc(C)c(C(C)C)n2n1. The van der Waals surface area contributed by atoms with Crippen molar-refractivity contribution in [2.45, 2.75) is 33.6 Å². The third-order valence-electron chi connectivity index (χ3n) is 2.55. The van der Waals surface area contributed by atoms with Crippen LogP contribution < -0.4 is 5.73 Å². The number of fused-ring (bicyclic) bond motifs is 1. The number of hydrogen-bond acceptors (Lipinski definition) is 3. The summed E-state index contributed by atoms with van der Waals surface area (Å²) in [4.78, 5) is 4.16. The molecule has 80 valence electrons. The molecule has 2 N–H and O–H groups in total. The largest absolute Gasteiger partial charge is 0.382 e. The first-order valence-electron chi connectivity index (χ1n) is 5.13. The van der Waals surface area contributed by atoms with Crippen molar-refractivity contribution in [3.8, 4) is 0 Å². The third-order valence-corrected chi connectivity index (χ3v) is 2.55. The fourth-order valence-corrected chi connectivity index (χ4v) is 2.03. The van der Waals surface area contributed by atoms with Crippen molar-refractivity contribution in [2.24, 2.45) is 0 Å². The van der Waals surface area contributed by atoms with Crippen molar-refractivity contribution in [3.63, 3.8) is 0 Å². The number of nitrogens with two attached hydrogens (primary N) is 1. The normalized spacial score (nSPS) is 11.5. The van der Waals surface area contributed by atoms with Crippen molar-refractivity contribution in [2.75, 3.05) is 5.73 Å². The lowest BCUT2D eigenvalue weighted by Crippen LogP contribution is -2.06. The molecule has 0 spiro atoms. The quantitative estimate of drug-likeness (QED) is 0.773. The molecule has 2 heterocycles. The highest BCUT2D eigenvalue weighted by molar-refractivity contribution is 5.67. The van der Waals surface area contributed by atoms with E-state index in [1.54, 1.807) is 0 Å². The zero-order valence-corrected chi connectivity index (χ0v) is 9.57. The molecule has 0 atom stereocenters. The molecule has 4 nitrogen and oxygen atoms in total. The topological polar surface area (TPSA) is 56.2 Å². The lowest BCUT2D eigenvalue weighted by molar-refractivity contribution is 0.734. The molecule has 0 radical (unpaired) electrons. The lowest BCUT2D eigenvalue weighted by atomic mass is 10.1. The van der Waals surface area contributed by atoms with Gasteiger partial charge in [-0.25, -0.2) is 9.50 Å². The number of nitrogens with zero attached hydrogens (tertiary/aromatic N) is 3. The van der Waals surface area contributed by atoms with Gasteiger partial charge in [0.1, 0.15) is 11.3 Å². The van der Waals surface area contributed by atoms with Gasteiger partial charge in [-0.2, -0.15) is 5.10 Å². The predicted molar refractivity (Wildman–Crippen MR) is 61.0 cm³/mol. The molecule has 2 aromatic rings. The van der Waals surface area contributed by atoms with Crippen LogP contribution in [0.1, 0.15) is 36.8 Å². The van der Waals surface area contributed by atoms with Gasteiger partial charge in [-0.05, 0) is 31.4 Å². The van der Waals surface area contributed by atoms with E-state index in [9.17, 15) is 0 Å². The van der Waals surface area contributed by atoms with E-state index >= 15 is 0 Å². The number of hydrogen-bond donors (Lipinski definition) is 1. The van der Waals surface area contributed by atoms with Gasteiger partial charge in [0.2, 0.25) is 0 Å². The van der Waals surface area contributed by atoms with E-state index in [1.165, 1.54) is 11.3 Å². The first-order chi connectivity index (χ1) is 7.00. The summed E-state index contributed by atoms with van der Waals surface area (Å²) in [6.45, 7) is 8.25. The average Bonchev–Trinajstić information content (AvgIpc) is 2.41. The molecule has 0 saturated carbocycles. The smallest absolute Gasteiger partial charge is 0.151 e. The molecule has 0 aliphatic heterocycles. The maximum Gasteiger partial charge on any atom is 0.151 e. The summed E-state index contributed by atoms with van der Waals surface area (Å²) in [6.07, 6.45) is 0. The van der Waals surface area contributed by atoms with Crippen LogP contribution in [0.25, 0.3) is 5.52 Å². The van der Waals surface area contributed by atoms with Crippen molar-refractivity contribution in [1.82, 2.24) is 14.6 Å². The number of rotatable bonds is 1. The van der Waals surface area contributed by atoms with E-state index in [0.717, 1.165) is 5.52 Å². The van der Waals surface area contributed by atoms with Crippen molar-refractivity contribution < 1.29 is 0 Å². The Morgan fingerprint density at radius 1 is 1.33 bits per heavy atom. The van der Waals surface area contributed by atoms with Gasteiger partial charge in [0.25, 0.3) is 0 Å². The third kappa shape index (κ3) is 1.46. The Labute approximate surface area is 89.1 Å². The highest BCUT2D eigenvalue weighted by Gasteiger charge is 2.13. The minimum atomic E-state index is 0.432. The molecule has 0 bridgehead atoms. The number of anilines is 1. The maximum atomic E-state index is 5.87. The van der Waals surface area contributed by atoms with Gasteiger partial charge in [0.15, 0.2) is 5.82 Å². The minimum absolute atomic E-state index is 0.432. The molecule has 0 aromatic carbocycles. The molecule has 15 heavy (non-hydrogen) atoms. The zero-order chi connectivity index (χ0) is 11.2. The highest BCUT2D eigenvalue weighted by atomic mass is 15.3. The Hall–Kier alpha value is -1.58. The van der Waals surface area contributed by atoms with E-state index in [2.05, 4.69) is 30.9 Å². The summed E-state index contributed by atoms with van der Waals surface area (Å²) in [5, 5.41) is 4.40. The van der Waals surface area contributed by atoms with Crippen LogP contribution in [0.2, 0.25) is 0 Å². The van der Waals surface area contributed by atoms with E-state index in [1.807, 2.05) is 17.5 Å². The number of nitrogen functional groups attached to an aromatic ring is 1. The Morgan fingerprint density at radius 3 is 2.60 bits per heavy atom. The Kier molecular flexibility index (Phi) is 2.14. The molecule has 0 aliphatic rings. The first kappa shape index (κ1) is 9.96. The summed E-state index contributed by atoms with van der Waals surface area (Å²) in [5.74, 6) is 1.69.